The minimum Gasteiger partial charge on any atom is -0.376 e. The summed E-state index contributed by atoms with van der Waals surface area (Å²) in [6, 6.07) is 88.4. The van der Waals surface area contributed by atoms with Gasteiger partial charge in [-0.1, -0.05) is 181 Å². The van der Waals surface area contributed by atoms with Crippen LogP contribution >= 0.6 is 0 Å². The van der Waals surface area contributed by atoms with Crippen LogP contribution in [0.15, 0.2) is 237 Å². The van der Waals surface area contributed by atoms with Crippen LogP contribution < -0.4 is 31.7 Å². The van der Waals surface area contributed by atoms with Gasteiger partial charge in [-0.15, -0.1) is 0 Å². The van der Waals surface area contributed by atoms with E-state index in [2.05, 4.69) is 262 Å². The van der Waals surface area contributed by atoms with Gasteiger partial charge in [-0.25, -0.2) is 0 Å². The Hall–Kier alpha value is -8.73. The third-order valence-corrected chi connectivity index (χ3v) is 15.3. The van der Waals surface area contributed by atoms with Gasteiger partial charge in [0.15, 0.2) is 0 Å². The lowest BCUT2D eigenvalue weighted by molar-refractivity contribution is 1.21. The lowest BCUT2D eigenvalue weighted by atomic mass is 9.43. The maximum atomic E-state index is 2.68. The van der Waals surface area contributed by atoms with Gasteiger partial charge in [0, 0.05) is 84.7 Å². The van der Waals surface area contributed by atoms with Crippen molar-refractivity contribution in [2.75, 3.05) is 16.8 Å². The first-order chi connectivity index (χ1) is 34.2. The van der Waals surface area contributed by atoms with E-state index >= 15 is 0 Å². The molecule has 2 aromatic heterocycles. The molecule has 0 unspecified atom stereocenters. The van der Waals surface area contributed by atoms with E-state index in [0.29, 0.717) is 0 Å². The van der Waals surface area contributed by atoms with Crippen molar-refractivity contribution in [1.29, 1.82) is 0 Å². The average Bonchev–Trinajstić information content (AvgIpc) is 3.93. The molecule has 13 aromatic rings. The van der Waals surface area contributed by atoms with E-state index in [-0.39, 0.29) is 13.7 Å². The van der Waals surface area contributed by atoms with E-state index < -0.39 is 0 Å². The molecule has 0 fully saturated rings. The van der Waals surface area contributed by atoms with E-state index in [4.69, 9.17) is 0 Å². The summed E-state index contributed by atoms with van der Waals surface area (Å²) in [4.78, 5) is 4.92. The lowest BCUT2D eigenvalue weighted by Gasteiger charge is -2.39. The SMILES string of the molecule is CN(c1ccccc1)c1cc2ccccc2c2c1B(c1ccc3c(c1)B(n1c4ccccc4c4ccccc41)c1cc4ccccc4cc1N3c1ccccc1)n1c3ccccc3c3cccc-2c31. The van der Waals surface area contributed by atoms with Crippen LogP contribution in [0.5, 0.6) is 0 Å². The molecule has 0 saturated carbocycles. The van der Waals surface area contributed by atoms with E-state index in [1.54, 1.807) is 0 Å². The molecule has 320 valence electrons. The Bertz CT molecular complexity index is 4200. The zero-order valence-corrected chi connectivity index (χ0v) is 38.0. The van der Waals surface area contributed by atoms with E-state index in [1.807, 2.05) is 0 Å². The highest BCUT2D eigenvalue weighted by molar-refractivity contribution is 6.91. The van der Waals surface area contributed by atoms with Gasteiger partial charge in [0.25, 0.3) is 0 Å². The van der Waals surface area contributed by atoms with Crippen molar-refractivity contribution >= 4 is 129 Å². The zero-order valence-electron chi connectivity index (χ0n) is 38.0. The van der Waals surface area contributed by atoms with E-state index in [1.165, 1.54) is 115 Å². The van der Waals surface area contributed by atoms with Crippen molar-refractivity contribution in [1.82, 2.24) is 8.96 Å². The molecule has 11 aromatic carbocycles. The molecule has 0 spiro atoms. The molecular weight excluding hydrogens is 834 g/mol. The summed E-state index contributed by atoms with van der Waals surface area (Å²) in [6.45, 7) is -0.348. The fraction of sp³-hybridized carbons (Fsp3) is 0.0159. The number of anilines is 5. The monoisotopic (exact) mass is 876 g/mol. The van der Waals surface area contributed by atoms with Crippen LogP contribution in [0.2, 0.25) is 0 Å². The minimum atomic E-state index is -0.185. The molecule has 2 aliphatic rings. The standard InChI is InChI=1S/C63H42B2N4/c1-66(45-22-4-2-5-23-45)60-39-43-21-10-11-26-47(43)61-52-31-18-30-51-50-29-14-17-34-57(50)69(63(51)52)64(62(60)61)44-35-36-58-54(40-44)65(68-55-32-15-12-27-48(55)49-28-13-16-33-56(49)68)53-37-41-19-8-9-20-42(41)38-59(53)67(58)46-24-6-3-7-25-46/h2-40H,1H3. The second-order valence-electron chi connectivity index (χ2n) is 18.8. The summed E-state index contributed by atoms with van der Waals surface area (Å²) in [5.41, 5.74) is 18.5. The summed E-state index contributed by atoms with van der Waals surface area (Å²) >= 11 is 0. The van der Waals surface area contributed by atoms with Crippen molar-refractivity contribution < 1.29 is 0 Å². The predicted molar refractivity (Wildman–Crippen MR) is 296 cm³/mol. The number of hydrogen-bond donors (Lipinski definition) is 0. The maximum Gasteiger partial charge on any atom is 0.332 e. The lowest BCUT2D eigenvalue weighted by Crippen LogP contribution is -2.58. The molecule has 0 N–H and O–H groups in total. The van der Waals surface area contributed by atoms with Gasteiger partial charge in [-0.05, 0) is 104 Å². The number of fused-ring (bicyclic) bond motifs is 13. The maximum absolute atomic E-state index is 2.68. The van der Waals surface area contributed by atoms with Crippen LogP contribution in [-0.4, -0.2) is 29.7 Å². The number of para-hydroxylation sites is 6. The van der Waals surface area contributed by atoms with E-state index in [9.17, 15) is 0 Å². The Balaban J connectivity index is 1.10. The van der Waals surface area contributed by atoms with Gasteiger partial charge in [0.05, 0.1) is 0 Å². The number of nitrogens with zero attached hydrogens (tertiary/aromatic N) is 4. The molecule has 15 rings (SSSR count). The van der Waals surface area contributed by atoms with Gasteiger partial charge in [-0.3, -0.25) is 0 Å². The molecule has 0 aliphatic carbocycles. The highest BCUT2D eigenvalue weighted by Crippen LogP contribution is 2.45. The molecule has 0 saturated heterocycles. The Kier molecular flexibility index (Phi) is 8.14. The Labute approximate surface area is 400 Å². The summed E-state index contributed by atoms with van der Waals surface area (Å²) in [5.74, 6) is 0. The van der Waals surface area contributed by atoms with E-state index in [0.717, 1.165) is 11.4 Å². The Morgan fingerprint density at radius 3 is 1.65 bits per heavy atom. The Morgan fingerprint density at radius 2 is 0.942 bits per heavy atom. The molecule has 0 atom stereocenters. The second kappa shape index (κ2) is 14.6. The first-order valence-corrected chi connectivity index (χ1v) is 24.1. The molecule has 4 heterocycles. The van der Waals surface area contributed by atoms with Crippen LogP contribution in [-0.2, 0) is 0 Å². The van der Waals surface area contributed by atoms with Gasteiger partial charge >= 0.3 is 13.7 Å². The van der Waals surface area contributed by atoms with Crippen molar-refractivity contribution in [3.63, 3.8) is 0 Å². The highest BCUT2D eigenvalue weighted by atomic mass is 15.2. The first-order valence-electron chi connectivity index (χ1n) is 24.1. The first kappa shape index (κ1) is 38.4. The van der Waals surface area contributed by atoms with Crippen molar-refractivity contribution in [3.8, 4) is 11.1 Å². The second-order valence-corrected chi connectivity index (χ2v) is 18.8. The largest absolute Gasteiger partial charge is 0.376 e. The number of aromatic nitrogens is 2. The van der Waals surface area contributed by atoms with Crippen LogP contribution in [0.4, 0.5) is 28.4 Å². The summed E-state index contributed by atoms with van der Waals surface area (Å²) < 4.78 is 5.31. The average molecular weight is 877 g/mol. The minimum absolute atomic E-state index is 0.163. The van der Waals surface area contributed by atoms with Crippen LogP contribution in [0, 0.1) is 0 Å². The normalized spacial score (nSPS) is 12.9. The third kappa shape index (κ3) is 5.43. The smallest absolute Gasteiger partial charge is 0.332 e. The van der Waals surface area contributed by atoms with Crippen molar-refractivity contribution in [2.24, 2.45) is 0 Å². The zero-order chi connectivity index (χ0) is 45.3. The van der Waals surface area contributed by atoms with Gasteiger partial charge in [0.2, 0.25) is 0 Å². The molecular formula is C63H42B2N4. The fourth-order valence-corrected chi connectivity index (χ4v) is 12.4. The van der Waals surface area contributed by atoms with Crippen LogP contribution in [0.25, 0.3) is 76.3 Å². The topological polar surface area (TPSA) is 16.3 Å². The van der Waals surface area contributed by atoms with Crippen molar-refractivity contribution in [2.45, 2.75) is 0 Å². The summed E-state index contributed by atoms with van der Waals surface area (Å²) in [6.07, 6.45) is 0. The highest BCUT2D eigenvalue weighted by Gasteiger charge is 2.42. The molecule has 4 nitrogen and oxygen atoms in total. The third-order valence-electron chi connectivity index (χ3n) is 15.3. The molecule has 6 heteroatoms. The summed E-state index contributed by atoms with van der Waals surface area (Å²) in [7, 11) is 2.24. The molecule has 0 radical (unpaired) electrons. The predicted octanol–water partition coefficient (Wildman–Crippen LogP) is 13.0. The molecule has 0 bridgehead atoms. The fourth-order valence-electron chi connectivity index (χ4n) is 12.4. The van der Waals surface area contributed by atoms with Gasteiger partial charge in [-0.2, -0.15) is 0 Å². The van der Waals surface area contributed by atoms with Crippen LogP contribution in [0.3, 0.4) is 0 Å². The van der Waals surface area contributed by atoms with Crippen molar-refractivity contribution in [3.05, 3.63) is 237 Å². The quantitative estimate of drug-likeness (QED) is 0.160. The van der Waals surface area contributed by atoms with Gasteiger partial charge < -0.3 is 18.8 Å². The number of hydrogen-bond acceptors (Lipinski definition) is 2. The number of rotatable bonds is 5. The van der Waals surface area contributed by atoms with Gasteiger partial charge in [0.1, 0.15) is 0 Å². The number of benzene rings is 11. The summed E-state index contributed by atoms with van der Waals surface area (Å²) in [5, 5.41) is 10.0. The molecule has 0 amide bonds. The molecule has 2 aliphatic heterocycles. The molecule has 69 heavy (non-hydrogen) atoms. The Morgan fingerprint density at radius 1 is 0.391 bits per heavy atom. The van der Waals surface area contributed by atoms with Crippen LogP contribution in [0.1, 0.15) is 0 Å².